The van der Waals surface area contributed by atoms with Crippen LogP contribution in [0.15, 0.2) is 91.3 Å². The molecule has 0 radical (unpaired) electrons. The number of carbonyl (C=O) groups is 2. The number of hydrogen-bond donors (Lipinski definition) is 2. The van der Waals surface area contributed by atoms with Gasteiger partial charge in [0.25, 0.3) is 5.91 Å². The Bertz CT molecular complexity index is 1290. The number of carboxylic acids is 1. The van der Waals surface area contributed by atoms with Gasteiger partial charge < -0.3 is 15.2 Å². The lowest BCUT2D eigenvalue weighted by atomic mass is 10.0. The van der Waals surface area contributed by atoms with Crippen LogP contribution in [0.3, 0.4) is 0 Å². The number of hydrogen-bond acceptors (Lipinski definition) is 4. The highest BCUT2D eigenvalue weighted by Gasteiger charge is 2.17. The second-order valence-electron chi connectivity index (χ2n) is 7.05. The van der Waals surface area contributed by atoms with E-state index in [-0.39, 0.29) is 11.3 Å². The molecule has 2 N–H and O–H groups in total. The molecule has 158 valence electrons. The van der Waals surface area contributed by atoms with E-state index in [2.05, 4.69) is 10.3 Å². The van der Waals surface area contributed by atoms with Crippen molar-refractivity contribution in [2.75, 3.05) is 12.4 Å². The van der Waals surface area contributed by atoms with Gasteiger partial charge in [0, 0.05) is 23.5 Å². The molecular formula is C26H20N2O4. The van der Waals surface area contributed by atoms with Gasteiger partial charge in [0.2, 0.25) is 0 Å². The van der Waals surface area contributed by atoms with Crippen LogP contribution in [-0.2, 0) is 0 Å². The minimum absolute atomic E-state index is 0.0100. The number of rotatable bonds is 6. The predicted octanol–water partition coefficient (Wildman–Crippen LogP) is 5.37. The summed E-state index contributed by atoms with van der Waals surface area (Å²) in [6, 6.07) is 23.5. The molecule has 0 aliphatic heterocycles. The van der Waals surface area contributed by atoms with Gasteiger partial charge in [-0.2, -0.15) is 0 Å². The summed E-state index contributed by atoms with van der Waals surface area (Å²) in [5.74, 6) is -0.939. The summed E-state index contributed by atoms with van der Waals surface area (Å²) in [5.41, 5.74) is 3.73. The minimum atomic E-state index is -1.14. The molecule has 6 heteroatoms. The number of carbonyl (C=O) groups excluding carboxylic acids is 1. The van der Waals surface area contributed by atoms with Crippen LogP contribution in [0.4, 0.5) is 5.69 Å². The monoisotopic (exact) mass is 424 g/mol. The van der Waals surface area contributed by atoms with Crippen LogP contribution >= 0.6 is 0 Å². The Balaban J connectivity index is 1.69. The van der Waals surface area contributed by atoms with Crippen molar-refractivity contribution >= 4 is 17.6 Å². The van der Waals surface area contributed by atoms with Gasteiger partial charge in [-0.15, -0.1) is 0 Å². The molecule has 4 rings (SSSR count). The van der Waals surface area contributed by atoms with Crippen LogP contribution in [0.2, 0.25) is 0 Å². The van der Waals surface area contributed by atoms with E-state index in [9.17, 15) is 14.7 Å². The number of para-hydroxylation sites is 1. The van der Waals surface area contributed by atoms with Crippen molar-refractivity contribution in [3.8, 4) is 28.0 Å². The number of nitrogens with zero attached hydrogens (tertiary/aromatic N) is 1. The van der Waals surface area contributed by atoms with Crippen molar-refractivity contribution < 1.29 is 19.4 Å². The molecule has 6 nitrogen and oxygen atoms in total. The van der Waals surface area contributed by atoms with E-state index < -0.39 is 11.9 Å². The maximum atomic E-state index is 13.0. The first kappa shape index (κ1) is 20.8. The number of aromatic nitrogens is 1. The van der Waals surface area contributed by atoms with Crippen molar-refractivity contribution in [3.05, 3.63) is 102 Å². The molecule has 0 saturated carbocycles. The lowest BCUT2D eigenvalue weighted by Gasteiger charge is -2.13. The van der Waals surface area contributed by atoms with E-state index in [4.69, 9.17) is 4.74 Å². The summed E-state index contributed by atoms with van der Waals surface area (Å²) in [6.07, 6.45) is 3.13. The summed E-state index contributed by atoms with van der Waals surface area (Å²) < 4.78 is 5.41. The van der Waals surface area contributed by atoms with Gasteiger partial charge in [0.15, 0.2) is 0 Å². The highest BCUT2D eigenvalue weighted by Crippen LogP contribution is 2.32. The summed E-state index contributed by atoms with van der Waals surface area (Å²) in [5, 5.41) is 12.3. The third-order valence-corrected chi connectivity index (χ3v) is 5.02. The van der Waals surface area contributed by atoms with Gasteiger partial charge in [-0.1, -0.05) is 54.6 Å². The maximum Gasteiger partial charge on any atom is 0.337 e. The molecule has 0 bridgehead atoms. The minimum Gasteiger partial charge on any atom is -0.496 e. The molecule has 0 aliphatic carbocycles. The van der Waals surface area contributed by atoms with Crippen LogP contribution in [0, 0.1) is 0 Å². The maximum absolute atomic E-state index is 13.0. The Hall–Kier alpha value is -4.45. The summed E-state index contributed by atoms with van der Waals surface area (Å²) >= 11 is 0. The molecule has 0 saturated heterocycles. The molecule has 0 unspecified atom stereocenters. The summed E-state index contributed by atoms with van der Waals surface area (Å²) in [4.78, 5) is 28.9. The first-order valence-corrected chi connectivity index (χ1v) is 9.89. The van der Waals surface area contributed by atoms with E-state index >= 15 is 0 Å². The third kappa shape index (κ3) is 4.34. The molecule has 1 heterocycles. The number of methoxy groups -OCH3 is 1. The van der Waals surface area contributed by atoms with E-state index in [1.807, 2.05) is 54.6 Å². The fraction of sp³-hybridized carbons (Fsp3) is 0.0385. The third-order valence-electron chi connectivity index (χ3n) is 5.02. The second kappa shape index (κ2) is 9.14. The van der Waals surface area contributed by atoms with Crippen molar-refractivity contribution in [1.82, 2.24) is 4.98 Å². The number of benzene rings is 3. The van der Waals surface area contributed by atoms with E-state index in [0.717, 1.165) is 22.3 Å². The molecule has 3 aromatic carbocycles. The molecular weight excluding hydrogens is 404 g/mol. The molecule has 1 aromatic heterocycles. The first-order chi connectivity index (χ1) is 15.6. The number of aromatic carboxylic acids is 1. The lowest BCUT2D eigenvalue weighted by molar-refractivity contribution is 0.0698. The van der Waals surface area contributed by atoms with Gasteiger partial charge >= 0.3 is 5.97 Å². The lowest BCUT2D eigenvalue weighted by Crippen LogP contribution is -2.15. The SMILES string of the molecule is COc1ccccc1-c1ccc(C(=O)O)c(NC(=O)c2cncc(-c3ccccc3)c2)c1. The number of carboxylic acid groups (broad SMARTS) is 1. The van der Waals surface area contributed by atoms with Gasteiger partial charge in [-0.05, 0) is 35.4 Å². The summed E-state index contributed by atoms with van der Waals surface area (Å²) in [7, 11) is 1.57. The zero-order chi connectivity index (χ0) is 22.5. The molecule has 0 spiro atoms. The van der Waals surface area contributed by atoms with Crippen molar-refractivity contribution in [2.45, 2.75) is 0 Å². The number of nitrogens with one attached hydrogen (secondary N) is 1. The fourth-order valence-electron chi connectivity index (χ4n) is 3.43. The Morgan fingerprint density at radius 2 is 1.59 bits per heavy atom. The van der Waals surface area contributed by atoms with Crippen LogP contribution < -0.4 is 10.1 Å². The van der Waals surface area contributed by atoms with E-state index in [1.165, 1.54) is 12.3 Å². The largest absolute Gasteiger partial charge is 0.496 e. The van der Waals surface area contributed by atoms with E-state index in [0.29, 0.717) is 11.3 Å². The molecule has 0 atom stereocenters. The van der Waals surface area contributed by atoms with Crippen LogP contribution in [-0.4, -0.2) is 29.1 Å². The van der Waals surface area contributed by atoms with E-state index in [1.54, 1.807) is 31.5 Å². The van der Waals surface area contributed by atoms with Crippen molar-refractivity contribution in [2.24, 2.45) is 0 Å². The highest BCUT2D eigenvalue weighted by molar-refractivity contribution is 6.08. The molecule has 0 fully saturated rings. The fourth-order valence-corrected chi connectivity index (χ4v) is 3.43. The first-order valence-electron chi connectivity index (χ1n) is 9.89. The van der Waals surface area contributed by atoms with Gasteiger partial charge in [0.05, 0.1) is 23.9 Å². The molecule has 4 aromatic rings. The Morgan fingerprint density at radius 3 is 2.34 bits per heavy atom. The number of anilines is 1. The highest BCUT2D eigenvalue weighted by atomic mass is 16.5. The molecule has 0 aliphatic rings. The zero-order valence-corrected chi connectivity index (χ0v) is 17.3. The number of pyridine rings is 1. The Kier molecular flexibility index (Phi) is 5.94. The average molecular weight is 424 g/mol. The van der Waals surface area contributed by atoms with Crippen molar-refractivity contribution in [1.29, 1.82) is 0 Å². The standard InChI is InChI=1S/C26H20N2O4/c1-32-24-10-6-5-9-21(24)18-11-12-22(26(30)31)23(14-18)28-25(29)20-13-19(15-27-16-20)17-7-3-2-4-8-17/h2-16H,1H3,(H,28,29)(H,30,31). The Labute approximate surface area is 185 Å². The molecule has 32 heavy (non-hydrogen) atoms. The summed E-state index contributed by atoms with van der Waals surface area (Å²) in [6.45, 7) is 0. The molecule has 1 amide bonds. The van der Waals surface area contributed by atoms with Gasteiger partial charge in [-0.3, -0.25) is 9.78 Å². The average Bonchev–Trinajstić information content (AvgIpc) is 2.84. The van der Waals surface area contributed by atoms with Crippen LogP contribution in [0.5, 0.6) is 5.75 Å². The van der Waals surface area contributed by atoms with Gasteiger partial charge in [-0.25, -0.2) is 4.79 Å². The van der Waals surface area contributed by atoms with Crippen LogP contribution in [0.25, 0.3) is 22.3 Å². The number of ether oxygens (including phenoxy) is 1. The van der Waals surface area contributed by atoms with Gasteiger partial charge in [0.1, 0.15) is 5.75 Å². The normalized spacial score (nSPS) is 10.4. The Morgan fingerprint density at radius 1 is 0.844 bits per heavy atom. The van der Waals surface area contributed by atoms with Crippen molar-refractivity contribution in [3.63, 3.8) is 0 Å². The predicted molar refractivity (Wildman–Crippen MR) is 123 cm³/mol. The van der Waals surface area contributed by atoms with Crippen LogP contribution in [0.1, 0.15) is 20.7 Å². The topological polar surface area (TPSA) is 88.5 Å². The smallest absolute Gasteiger partial charge is 0.337 e. The zero-order valence-electron chi connectivity index (χ0n) is 17.3. The second-order valence-corrected chi connectivity index (χ2v) is 7.05. The quantitative estimate of drug-likeness (QED) is 0.434. The number of amides is 1.